The fourth-order valence-electron chi connectivity index (χ4n) is 2.49. The van der Waals surface area contributed by atoms with Gasteiger partial charge in [-0.2, -0.15) is 4.68 Å². The van der Waals surface area contributed by atoms with Crippen LogP contribution in [0.25, 0.3) is 16.6 Å². The summed E-state index contributed by atoms with van der Waals surface area (Å²) in [7, 11) is 0. The summed E-state index contributed by atoms with van der Waals surface area (Å²) in [6.07, 6.45) is 1.59. The van der Waals surface area contributed by atoms with E-state index in [1.807, 2.05) is 54.6 Å². The first-order valence-electron chi connectivity index (χ1n) is 7.53. The second kappa shape index (κ2) is 6.37. The van der Waals surface area contributed by atoms with Crippen LogP contribution in [0.15, 0.2) is 66.0 Å². The number of hydrogen-bond donors (Lipinski definition) is 0. The van der Waals surface area contributed by atoms with Gasteiger partial charge in [-0.25, -0.2) is 9.97 Å². The molecule has 7 heteroatoms. The summed E-state index contributed by atoms with van der Waals surface area (Å²) in [4.78, 5) is 8.74. The van der Waals surface area contributed by atoms with Gasteiger partial charge >= 0.3 is 0 Å². The SMILES string of the molecule is C[C@@H](Sc1ncnc2ccccc12)c1nnnn1-c1ccccc1. The van der Waals surface area contributed by atoms with Gasteiger partial charge in [0.1, 0.15) is 11.4 Å². The van der Waals surface area contributed by atoms with Crippen molar-refractivity contribution in [3.05, 3.63) is 66.7 Å². The van der Waals surface area contributed by atoms with Crippen LogP contribution in [0.2, 0.25) is 0 Å². The van der Waals surface area contributed by atoms with Gasteiger partial charge in [-0.15, -0.1) is 5.10 Å². The minimum absolute atomic E-state index is 0.0403. The second-order valence-corrected chi connectivity index (χ2v) is 6.57. The Bertz CT molecular complexity index is 964. The van der Waals surface area contributed by atoms with E-state index in [4.69, 9.17) is 0 Å². The molecule has 4 aromatic rings. The summed E-state index contributed by atoms with van der Waals surface area (Å²) in [5, 5.41) is 14.2. The van der Waals surface area contributed by atoms with Crippen LogP contribution in [0.3, 0.4) is 0 Å². The van der Waals surface area contributed by atoms with E-state index >= 15 is 0 Å². The molecular weight excluding hydrogens is 320 g/mol. The molecule has 0 amide bonds. The van der Waals surface area contributed by atoms with Gasteiger partial charge < -0.3 is 0 Å². The van der Waals surface area contributed by atoms with Gasteiger partial charge in [-0.1, -0.05) is 48.2 Å². The summed E-state index contributed by atoms with van der Waals surface area (Å²) >= 11 is 1.63. The van der Waals surface area contributed by atoms with Crippen molar-refractivity contribution in [3.8, 4) is 5.69 Å². The molecule has 0 spiro atoms. The first-order chi connectivity index (χ1) is 11.8. The summed E-state index contributed by atoms with van der Waals surface area (Å²) in [5.74, 6) is 0.786. The fraction of sp³-hybridized carbons (Fsp3) is 0.118. The maximum Gasteiger partial charge on any atom is 0.169 e. The van der Waals surface area contributed by atoms with Crippen LogP contribution >= 0.6 is 11.8 Å². The average molecular weight is 334 g/mol. The highest BCUT2D eigenvalue weighted by atomic mass is 32.2. The summed E-state index contributed by atoms with van der Waals surface area (Å²) < 4.78 is 1.76. The van der Waals surface area contributed by atoms with Crippen molar-refractivity contribution in [1.29, 1.82) is 0 Å². The number of aromatic nitrogens is 6. The molecule has 0 aliphatic rings. The van der Waals surface area contributed by atoms with Gasteiger partial charge in [0, 0.05) is 5.39 Å². The molecule has 2 heterocycles. The first kappa shape index (κ1) is 14.8. The number of para-hydroxylation sites is 2. The average Bonchev–Trinajstić information content (AvgIpc) is 3.13. The first-order valence-corrected chi connectivity index (χ1v) is 8.41. The van der Waals surface area contributed by atoms with Crippen molar-refractivity contribution in [3.63, 3.8) is 0 Å². The lowest BCUT2D eigenvalue weighted by Crippen LogP contribution is -2.05. The van der Waals surface area contributed by atoms with Crippen molar-refractivity contribution in [2.24, 2.45) is 0 Å². The molecule has 0 radical (unpaired) electrons. The maximum atomic E-state index is 4.43. The molecule has 0 bridgehead atoms. The Labute approximate surface area is 143 Å². The number of thioether (sulfide) groups is 1. The minimum atomic E-state index is 0.0403. The zero-order valence-electron chi connectivity index (χ0n) is 12.9. The van der Waals surface area contributed by atoms with E-state index in [0.717, 1.165) is 27.4 Å². The van der Waals surface area contributed by atoms with Gasteiger partial charge in [0.15, 0.2) is 5.82 Å². The third kappa shape index (κ3) is 2.74. The van der Waals surface area contributed by atoms with Crippen molar-refractivity contribution < 1.29 is 0 Å². The lowest BCUT2D eigenvalue weighted by molar-refractivity contribution is 0.762. The van der Waals surface area contributed by atoms with Crippen LogP contribution in [0.5, 0.6) is 0 Å². The van der Waals surface area contributed by atoms with E-state index in [2.05, 4.69) is 32.4 Å². The van der Waals surface area contributed by atoms with E-state index in [1.54, 1.807) is 22.8 Å². The minimum Gasteiger partial charge on any atom is -0.236 e. The molecule has 1 atom stereocenters. The van der Waals surface area contributed by atoms with E-state index in [-0.39, 0.29) is 5.25 Å². The summed E-state index contributed by atoms with van der Waals surface area (Å²) in [6, 6.07) is 17.9. The van der Waals surface area contributed by atoms with E-state index in [9.17, 15) is 0 Å². The van der Waals surface area contributed by atoms with Gasteiger partial charge in [-0.05, 0) is 35.5 Å². The standard InChI is InChI=1S/C17H14N6S/c1-12(16-20-21-22-23(16)13-7-3-2-4-8-13)24-17-14-9-5-6-10-15(14)18-11-19-17/h2-12H,1H3/t12-/m1/s1. The Kier molecular flexibility index (Phi) is 3.92. The monoisotopic (exact) mass is 334 g/mol. The number of rotatable bonds is 4. The molecule has 4 rings (SSSR count). The zero-order valence-corrected chi connectivity index (χ0v) is 13.8. The van der Waals surface area contributed by atoms with Crippen molar-refractivity contribution >= 4 is 22.7 Å². The zero-order chi connectivity index (χ0) is 16.4. The van der Waals surface area contributed by atoms with Crippen LogP contribution in [0, 0.1) is 0 Å². The molecule has 0 N–H and O–H groups in total. The van der Waals surface area contributed by atoms with E-state index in [0.29, 0.717) is 0 Å². The largest absolute Gasteiger partial charge is 0.236 e. The lowest BCUT2D eigenvalue weighted by atomic mass is 10.2. The Morgan fingerprint density at radius 1 is 0.958 bits per heavy atom. The van der Waals surface area contributed by atoms with Gasteiger partial charge in [0.25, 0.3) is 0 Å². The van der Waals surface area contributed by atoms with Crippen molar-refractivity contribution in [1.82, 2.24) is 30.2 Å². The number of fused-ring (bicyclic) bond motifs is 1. The molecule has 0 fully saturated rings. The Balaban J connectivity index is 1.68. The van der Waals surface area contributed by atoms with Crippen LogP contribution in [0.1, 0.15) is 18.0 Å². The molecule has 118 valence electrons. The van der Waals surface area contributed by atoms with E-state index < -0.39 is 0 Å². The normalized spacial score (nSPS) is 12.4. The third-order valence-electron chi connectivity index (χ3n) is 3.65. The van der Waals surface area contributed by atoms with E-state index in [1.165, 1.54) is 0 Å². The molecule has 0 aliphatic heterocycles. The Hall–Kier alpha value is -2.80. The third-order valence-corrected chi connectivity index (χ3v) is 4.77. The van der Waals surface area contributed by atoms with Crippen molar-refractivity contribution in [2.45, 2.75) is 17.2 Å². The highest BCUT2D eigenvalue weighted by Crippen LogP contribution is 2.36. The van der Waals surface area contributed by atoms with Gasteiger partial charge in [0.2, 0.25) is 0 Å². The fourth-order valence-corrected chi connectivity index (χ4v) is 3.49. The molecule has 0 saturated carbocycles. The van der Waals surface area contributed by atoms with Gasteiger partial charge in [-0.3, -0.25) is 0 Å². The molecule has 2 aromatic heterocycles. The number of nitrogens with zero attached hydrogens (tertiary/aromatic N) is 6. The molecular formula is C17H14N6S. The molecule has 0 aliphatic carbocycles. The maximum absolute atomic E-state index is 4.43. The highest BCUT2D eigenvalue weighted by molar-refractivity contribution is 7.99. The molecule has 6 nitrogen and oxygen atoms in total. The predicted octanol–water partition coefficient (Wildman–Crippen LogP) is 3.46. The summed E-state index contributed by atoms with van der Waals surface area (Å²) in [6.45, 7) is 2.08. The smallest absolute Gasteiger partial charge is 0.169 e. The van der Waals surface area contributed by atoms with Crippen LogP contribution in [-0.2, 0) is 0 Å². The van der Waals surface area contributed by atoms with Gasteiger partial charge in [0.05, 0.1) is 16.5 Å². The predicted molar refractivity (Wildman–Crippen MR) is 93.0 cm³/mol. The molecule has 2 aromatic carbocycles. The quantitative estimate of drug-likeness (QED) is 0.420. The number of benzene rings is 2. The Morgan fingerprint density at radius 3 is 2.62 bits per heavy atom. The van der Waals surface area contributed by atoms with Crippen LogP contribution < -0.4 is 0 Å². The van der Waals surface area contributed by atoms with Crippen LogP contribution in [0.4, 0.5) is 0 Å². The lowest BCUT2D eigenvalue weighted by Gasteiger charge is -2.12. The number of hydrogen-bond acceptors (Lipinski definition) is 6. The topological polar surface area (TPSA) is 69.4 Å². The second-order valence-electron chi connectivity index (χ2n) is 5.24. The summed E-state index contributed by atoms with van der Waals surface area (Å²) in [5.41, 5.74) is 1.88. The van der Waals surface area contributed by atoms with Crippen LogP contribution in [-0.4, -0.2) is 30.2 Å². The number of tetrazole rings is 1. The van der Waals surface area contributed by atoms with Crippen molar-refractivity contribution in [2.75, 3.05) is 0 Å². The molecule has 24 heavy (non-hydrogen) atoms. The highest BCUT2D eigenvalue weighted by Gasteiger charge is 2.18. The molecule has 0 unspecified atom stereocenters. The Morgan fingerprint density at radius 2 is 1.75 bits per heavy atom. The molecule has 0 saturated heterocycles.